The zero-order valence-corrected chi connectivity index (χ0v) is 16.3. The van der Waals surface area contributed by atoms with Gasteiger partial charge in [0.2, 0.25) is 0 Å². The van der Waals surface area contributed by atoms with E-state index in [0.29, 0.717) is 15.8 Å². The fourth-order valence-corrected chi connectivity index (χ4v) is 4.45. The maximum atomic E-state index is 12.6. The first-order chi connectivity index (χ1) is 13.2. The lowest BCUT2D eigenvalue weighted by molar-refractivity contribution is 0.102. The number of methoxy groups -OCH3 is 1. The highest BCUT2D eigenvalue weighted by Gasteiger charge is 2.21. The summed E-state index contributed by atoms with van der Waals surface area (Å²) in [5.74, 6) is 1.13. The maximum absolute atomic E-state index is 12.6. The minimum atomic E-state index is -0.235. The third-order valence-electron chi connectivity index (χ3n) is 3.97. The molecule has 27 heavy (non-hydrogen) atoms. The predicted octanol–water partition coefficient (Wildman–Crippen LogP) is 4.53. The van der Waals surface area contributed by atoms with Crippen LogP contribution in [0.5, 0.6) is 5.75 Å². The lowest BCUT2D eigenvalue weighted by Gasteiger charge is -2.02. The molecule has 0 saturated heterocycles. The average Bonchev–Trinajstić information content (AvgIpc) is 3.41. The summed E-state index contributed by atoms with van der Waals surface area (Å²) in [7, 11) is 3.49. The number of rotatable bonds is 5. The molecule has 0 aliphatic heterocycles. The van der Waals surface area contributed by atoms with Crippen LogP contribution in [0.25, 0.3) is 22.0 Å². The molecule has 1 amide bonds. The van der Waals surface area contributed by atoms with Crippen LogP contribution in [-0.2, 0) is 7.05 Å². The van der Waals surface area contributed by atoms with Gasteiger partial charge in [-0.3, -0.25) is 10.1 Å². The summed E-state index contributed by atoms with van der Waals surface area (Å²) in [6.45, 7) is 0. The molecule has 0 aliphatic carbocycles. The molecule has 136 valence electrons. The van der Waals surface area contributed by atoms with Crippen LogP contribution in [0, 0.1) is 0 Å². The second-order valence-corrected chi connectivity index (χ2v) is 7.61. The lowest BCUT2D eigenvalue weighted by atomic mass is 10.1. The molecule has 0 bridgehead atoms. The number of hydrogen-bond donors (Lipinski definition) is 1. The van der Waals surface area contributed by atoms with Gasteiger partial charge in [-0.25, -0.2) is 9.97 Å². The second-order valence-electron chi connectivity index (χ2n) is 5.70. The highest BCUT2D eigenvalue weighted by Crippen LogP contribution is 2.38. The van der Waals surface area contributed by atoms with Gasteiger partial charge in [-0.1, -0.05) is 41.7 Å². The molecule has 0 fully saturated rings. The fraction of sp³-hybridized carbons (Fsp3) is 0.105. The number of thiophene rings is 1. The molecule has 3 aromatic heterocycles. The van der Waals surface area contributed by atoms with Crippen molar-refractivity contribution in [2.24, 2.45) is 7.05 Å². The van der Waals surface area contributed by atoms with Crippen LogP contribution in [0.2, 0.25) is 0 Å². The quantitative estimate of drug-likeness (QED) is 0.538. The Balaban J connectivity index is 1.74. The van der Waals surface area contributed by atoms with Gasteiger partial charge < -0.3 is 9.30 Å². The van der Waals surface area contributed by atoms with Gasteiger partial charge in [0.25, 0.3) is 5.91 Å². The molecule has 0 saturated carbocycles. The molecule has 0 atom stereocenters. The van der Waals surface area contributed by atoms with Crippen molar-refractivity contribution < 1.29 is 9.53 Å². The van der Waals surface area contributed by atoms with Crippen molar-refractivity contribution in [1.29, 1.82) is 0 Å². The Morgan fingerprint density at radius 1 is 1.22 bits per heavy atom. The third-order valence-corrected chi connectivity index (χ3v) is 5.84. The van der Waals surface area contributed by atoms with E-state index in [2.05, 4.69) is 15.3 Å². The SMILES string of the molecule is COc1ccsc1C(=O)Nc1nc(-c2ccccc2)c(-c2nccn2C)s1. The largest absolute Gasteiger partial charge is 0.495 e. The van der Waals surface area contributed by atoms with Crippen molar-refractivity contribution in [3.63, 3.8) is 0 Å². The number of benzene rings is 1. The number of hydrogen-bond acceptors (Lipinski definition) is 6. The summed E-state index contributed by atoms with van der Waals surface area (Å²) in [5.41, 5.74) is 1.77. The first-order valence-electron chi connectivity index (χ1n) is 8.14. The zero-order chi connectivity index (χ0) is 18.8. The third kappa shape index (κ3) is 3.36. The van der Waals surface area contributed by atoms with E-state index in [0.717, 1.165) is 22.0 Å². The normalized spacial score (nSPS) is 10.7. The van der Waals surface area contributed by atoms with E-state index < -0.39 is 0 Å². The lowest BCUT2D eigenvalue weighted by Crippen LogP contribution is -2.10. The Hall–Kier alpha value is -2.97. The predicted molar refractivity (Wildman–Crippen MR) is 109 cm³/mol. The van der Waals surface area contributed by atoms with E-state index in [1.807, 2.05) is 53.5 Å². The first kappa shape index (κ1) is 17.4. The summed E-state index contributed by atoms with van der Waals surface area (Å²) < 4.78 is 7.17. The molecule has 0 radical (unpaired) electrons. The van der Waals surface area contributed by atoms with Crippen molar-refractivity contribution in [1.82, 2.24) is 14.5 Å². The Morgan fingerprint density at radius 2 is 2.04 bits per heavy atom. The van der Waals surface area contributed by atoms with Crippen LogP contribution in [-0.4, -0.2) is 27.6 Å². The first-order valence-corrected chi connectivity index (χ1v) is 9.83. The molecular weight excluding hydrogens is 380 g/mol. The van der Waals surface area contributed by atoms with Gasteiger partial charge in [0.15, 0.2) is 11.0 Å². The van der Waals surface area contributed by atoms with E-state index >= 15 is 0 Å². The number of nitrogens with one attached hydrogen (secondary N) is 1. The van der Waals surface area contributed by atoms with E-state index in [4.69, 9.17) is 4.74 Å². The van der Waals surface area contributed by atoms with Crippen molar-refractivity contribution in [3.8, 4) is 27.7 Å². The minimum absolute atomic E-state index is 0.235. The van der Waals surface area contributed by atoms with Crippen LogP contribution in [0.4, 0.5) is 5.13 Å². The summed E-state index contributed by atoms with van der Waals surface area (Å²) in [6, 6.07) is 11.7. The molecule has 0 spiro atoms. The molecule has 0 aliphatic rings. The minimum Gasteiger partial charge on any atom is -0.495 e. The number of thiazole rings is 1. The van der Waals surface area contributed by atoms with Gasteiger partial charge in [0.1, 0.15) is 10.6 Å². The number of nitrogens with zero attached hydrogens (tertiary/aromatic N) is 3. The van der Waals surface area contributed by atoms with Gasteiger partial charge in [-0.15, -0.1) is 11.3 Å². The molecule has 3 heterocycles. The van der Waals surface area contributed by atoms with Crippen LogP contribution < -0.4 is 10.1 Å². The van der Waals surface area contributed by atoms with E-state index in [1.165, 1.54) is 22.7 Å². The summed E-state index contributed by atoms with van der Waals surface area (Å²) in [5, 5.41) is 5.24. The van der Waals surface area contributed by atoms with E-state index in [9.17, 15) is 4.79 Å². The van der Waals surface area contributed by atoms with Crippen LogP contribution in [0.15, 0.2) is 54.2 Å². The number of aromatic nitrogens is 3. The topological polar surface area (TPSA) is 69.0 Å². The van der Waals surface area contributed by atoms with Crippen LogP contribution in [0.1, 0.15) is 9.67 Å². The molecule has 4 rings (SSSR count). The Kier molecular flexibility index (Phi) is 4.74. The summed E-state index contributed by atoms with van der Waals surface area (Å²) in [6.07, 6.45) is 3.64. The van der Waals surface area contributed by atoms with Crippen molar-refractivity contribution >= 4 is 33.7 Å². The standard InChI is InChI=1S/C19H16N4O2S2/c1-23-10-9-20-17(23)16-14(12-6-4-3-5-7-12)21-19(27-16)22-18(24)15-13(25-2)8-11-26-15/h3-11H,1-2H3,(H,21,22,24). The molecule has 4 aromatic rings. The van der Waals surface area contributed by atoms with Crippen molar-refractivity contribution in [2.45, 2.75) is 0 Å². The van der Waals surface area contributed by atoms with Gasteiger partial charge in [-0.05, 0) is 11.4 Å². The molecule has 1 N–H and O–H groups in total. The highest BCUT2D eigenvalue weighted by molar-refractivity contribution is 7.19. The van der Waals surface area contributed by atoms with Crippen molar-refractivity contribution in [2.75, 3.05) is 12.4 Å². The molecule has 6 nitrogen and oxygen atoms in total. The zero-order valence-electron chi connectivity index (χ0n) is 14.7. The van der Waals surface area contributed by atoms with Gasteiger partial charge in [0.05, 0.1) is 17.7 Å². The Morgan fingerprint density at radius 3 is 2.74 bits per heavy atom. The Labute approximate surface area is 164 Å². The number of carbonyl (C=O) groups is 1. The summed E-state index contributed by atoms with van der Waals surface area (Å²) >= 11 is 2.74. The second kappa shape index (κ2) is 7.34. The number of amides is 1. The van der Waals surface area contributed by atoms with Crippen molar-refractivity contribution in [3.05, 3.63) is 59.0 Å². The van der Waals surface area contributed by atoms with Gasteiger partial charge in [-0.2, -0.15) is 0 Å². The van der Waals surface area contributed by atoms with E-state index in [1.54, 1.807) is 19.4 Å². The fourth-order valence-electron chi connectivity index (χ4n) is 2.68. The van der Waals surface area contributed by atoms with Gasteiger partial charge in [0, 0.05) is 25.0 Å². The number of aryl methyl sites for hydroxylation is 1. The van der Waals surface area contributed by atoms with E-state index in [-0.39, 0.29) is 5.91 Å². The van der Waals surface area contributed by atoms with Crippen LogP contribution in [0.3, 0.4) is 0 Å². The highest BCUT2D eigenvalue weighted by atomic mass is 32.1. The molecule has 1 aromatic carbocycles. The average molecular weight is 396 g/mol. The number of carbonyl (C=O) groups excluding carboxylic acids is 1. The molecular formula is C19H16N4O2S2. The monoisotopic (exact) mass is 396 g/mol. The molecule has 8 heteroatoms. The number of ether oxygens (including phenoxy) is 1. The molecule has 0 unspecified atom stereocenters. The maximum Gasteiger partial charge on any atom is 0.271 e. The number of imidazole rings is 1. The Bertz CT molecular complexity index is 1080. The number of anilines is 1. The summed E-state index contributed by atoms with van der Waals surface area (Å²) in [4.78, 5) is 23.2. The van der Waals surface area contributed by atoms with Crippen LogP contribution >= 0.6 is 22.7 Å². The van der Waals surface area contributed by atoms with Gasteiger partial charge >= 0.3 is 0 Å². The smallest absolute Gasteiger partial charge is 0.271 e.